The van der Waals surface area contributed by atoms with Crippen molar-refractivity contribution in [2.75, 3.05) is 18.8 Å². The van der Waals surface area contributed by atoms with E-state index in [1.54, 1.807) is 0 Å². The van der Waals surface area contributed by atoms with Crippen LogP contribution in [0.4, 0.5) is 0 Å². The van der Waals surface area contributed by atoms with E-state index in [-0.39, 0.29) is 5.25 Å². The van der Waals surface area contributed by atoms with Gasteiger partial charge in [-0.2, -0.15) is 0 Å². The monoisotopic (exact) mass is 161 g/mol. The van der Waals surface area contributed by atoms with Crippen LogP contribution < -0.4 is 5.32 Å². The Labute approximate surface area is 60.7 Å². The highest BCUT2D eigenvalue weighted by molar-refractivity contribution is 7.92. The van der Waals surface area contributed by atoms with Crippen LogP contribution in [0.15, 0.2) is 0 Å². The van der Waals surface area contributed by atoms with E-state index in [1.165, 1.54) is 0 Å². The number of piperidine rings is 1. The fourth-order valence-electron chi connectivity index (χ4n) is 1.85. The van der Waals surface area contributed by atoms with Crippen molar-refractivity contribution in [3.05, 3.63) is 0 Å². The lowest BCUT2D eigenvalue weighted by Crippen LogP contribution is -2.35. The van der Waals surface area contributed by atoms with E-state index < -0.39 is 9.84 Å². The van der Waals surface area contributed by atoms with Crippen molar-refractivity contribution in [3.8, 4) is 0 Å². The molecule has 0 aliphatic carbocycles. The molecule has 58 valence electrons. The van der Waals surface area contributed by atoms with Crippen molar-refractivity contribution < 1.29 is 8.42 Å². The summed E-state index contributed by atoms with van der Waals surface area (Å²) in [5, 5.41) is 3.06. The molecule has 3 nitrogen and oxygen atoms in total. The zero-order chi connectivity index (χ0) is 7.19. The van der Waals surface area contributed by atoms with Gasteiger partial charge in [-0.25, -0.2) is 8.42 Å². The Morgan fingerprint density at radius 2 is 2.10 bits per heavy atom. The smallest absolute Gasteiger partial charge is 0.154 e. The Morgan fingerprint density at radius 1 is 1.30 bits per heavy atom. The van der Waals surface area contributed by atoms with Crippen LogP contribution in [-0.2, 0) is 9.84 Å². The van der Waals surface area contributed by atoms with Gasteiger partial charge in [-0.1, -0.05) is 0 Å². The van der Waals surface area contributed by atoms with Crippen LogP contribution in [0.2, 0.25) is 0 Å². The average Bonchev–Trinajstić information content (AvgIpc) is 2.04. The largest absolute Gasteiger partial charge is 0.315 e. The Bertz CT molecular complexity index is 234. The maximum atomic E-state index is 11.2. The van der Waals surface area contributed by atoms with Crippen LogP contribution in [0.3, 0.4) is 0 Å². The summed E-state index contributed by atoms with van der Waals surface area (Å²) >= 11 is 0. The Hall–Kier alpha value is -0.0900. The van der Waals surface area contributed by atoms with Crippen molar-refractivity contribution in [2.45, 2.75) is 11.7 Å². The van der Waals surface area contributed by atoms with Gasteiger partial charge in [0.25, 0.3) is 0 Å². The summed E-state index contributed by atoms with van der Waals surface area (Å²) in [6, 6.07) is 0. The van der Waals surface area contributed by atoms with E-state index in [0.29, 0.717) is 18.2 Å². The second-order valence-corrected chi connectivity index (χ2v) is 5.54. The zero-order valence-electron chi connectivity index (χ0n) is 5.71. The molecule has 0 unspecified atom stereocenters. The molecule has 1 N–H and O–H groups in total. The van der Waals surface area contributed by atoms with E-state index in [4.69, 9.17) is 0 Å². The zero-order valence-corrected chi connectivity index (χ0v) is 6.52. The van der Waals surface area contributed by atoms with Gasteiger partial charge in [0, 0.05) is 6.54 Å². The molecule has 2 aliphatic rings. The third-order valence-electron chi connectivity index (χ3n) is 2.38. The summed E-state index contributed by atoms with van der Waals surface area (Å²) in [4.78, 5) is 0. The van der Waals surface area contributed by atoms with E-state index in [1.807, 2.05) is 0 Å². The fraction of sp³-hybridized carbons (Fsp3) is 1.00. The normalized spacial score (nSPS) is 43.6. The van der Waals surface area contributed by atoms with Crippen LogP contribution in [0.25, 0.3) is 0 Å². The molecule has 2 bridgehead atoms. The molecule has 0 aromatic rings. The molecule has 2 fully saturated rings. The quantitative estimate of drug-likeness (QED) is 0.515. The summed E-state index contributed by atoms with van der Waals surface area (Å²) in [5.74, 6) is 0.828. The lowest BCUT2D eigenvalue weighted by atomic mass is 10.0. The van der Waals surface area contributed by atoms with E-state index >= 15 is 0 Å². The Kier molecular flexibility index (Phi) is 1.29. The molecular weight excluding hydrogens is 150 g/mol. The molecule has 2 saturated heterocycles. The predicted molar refractivity (Wildman–Crippen MR) is 38.6 cm³/mol. The van der Waals surface area contributed by atoms with Crippen molar-refractivity contribution in [1.29, 1.82) is 0 Å². The summed E-state index contributed by atoms with van der Waals surface area (Å²) in [7, 11) is -2.69. The molecule has 2 aliphatic heterocycles. The van der Waals surface area contributed by atoms with E-state index in [0.717, 1.165) is 13.0 Å². The van der Waals surface area contributed by atoms with Crippen molar-refractivity contribution >= 4 is 9.84 Å². The van der Waals surface area contributed by atoms with Gasteiger partial charge >= 0.3 is 0 Å². The van der Waals surface area contributed by atoms with Gasteiger partial charge in [0.05, 0.1) is 11.0 Å². The SMILES string of the molecule is O=S1(=O)C[C@H]2CNC[C@H]1C2. The summed E-state index contributed by atoms with van der Waals surface area (Å²) in [6.07, 6.45) is 0.898. The first-order valence-corrected chi connectivity index (χ1v) is 5.32. The van der Waals surface area contributed by atoms with Crippen LogP contribution in [0, 0.1) is 5.92 Å². The van der Waals surface area contributed by atoms with E-state index in [9.17, 15) is 8.42 Å². The third kappa shape index (κ3) is 0.864. The first-order chi connectivity index (χ1) is 4.68. The highest BCUT2D eigenvalue weighted by atomic mass is 32.2. The molecule has 10 heavy (non-hydrogen) atoms. The number of rotatable bonds is 0. The molecule has 0 aromatic heterocycles. The Balaban J connectivity index is 2.32. The second kappa shape index (κ2) is 1.95. The van der Waals surface area contributed by atoms with Gasteiger partial charge < -0.3 is 5.32 Å². The van der Waals surface area contributed by atoms with Crippen LogP contribution in [0.5, 0.6) is 0 Å². The highest BCUT2D eigenvalue weighted by Gasteiger charge is 2.40. The summed E-state index contributed by atoms with van der Waals surface area (Å²) < 4.78 is 22.4. The minimum atomic E-state index is -2.69. The molecule has 4 heteroatoms. The number of fused-ring (bicyclic) bond motifs is 2. The molecule has 2 rings (SSSR count). The van der Waals surface area contributed by atoms with Crippen molar-refractivity contribution in [1.82, 2.24) is 5.32 Å². The molecular formula is C6H11NO2S. The number of hydrogen-bond acceptors (Lipinski definition) is 3. The molecule has 0 spiro atoms. The van der Waals surface area contributed by atoms with Gasteiger partial charge in [-0.05, 0) is 18.9 Å². The lowest BCUT2D eigenvalue weighted by Gasteiger charge is -2.16. The number of nitrogens with one attached hydrogen (secondary N) is 1. The van der Waals surface area contributed by atoms with Gasteiger partial charge in [0.15, 0.2) is 9.84 Å². The summed E-state index contributed by atoms with van der Waals surface area (Å²) in [5.41, 5.74) is 0. The second-order valence-electron chi connectivity index (χ2n) is 3.21. The maximum Gasteiger partial charge on any atom is 0.154 e. The van der Waals surface area contributed by atoms with Gasteiger partial charge in [-0.15, -0.1) is 0 Å². The average molecular weight is 161 g/mol. The Morgan fingerprint density at radius 3 is 2.70 bits per heavy atom. The predicted octanol–water partition coefficient (Wildman–Crippen LogP) is -0.607. The first-order valence-electron chi connectivity index (χ1n) is 3.61. The van der Waals surface area contributed by atoms with Gasteiger partial charge in [0.1, 0.15) is 0 Å². The number of hydrogen-bond donors (Lipinski definition) is 1. The first kappa shape index (κ1) is 6.61. The van der Waals surface area contributed by atoms with Crippen LogP contribution in [-0.4, -0.2) is 32.5 Å². The highest BCUT2D eigenvalue weighted by Crippen LogP contribution is 2.27. The van der Waals surface area contributed by atoms with Crippen molar-refractivity contribution in [3.63, 3.8) is 0 Å². The lowest BCUT2D eigenvalue weighted by molar-refractivity contribution is 0.440. The standard InChI is InChI=1S/C6H11NO2S/c8-10(9)4-5-1-6(10)3-7-2-5/h5-7H,1-4H2/t5-,6-/m1/s1. The number of sulfone groups is 1. The minimum Gasteiger partial charge on any atom is -0.315 e. The molecule has 0 radical (unpaired) electrons. The van der Waals surface area contributed by atoms with Crippen molar-refractivity contribution in [2.24, 2.45) is 5.92 Å². The van der Waals surface area contributed by atoms with Crippen LogP contribution >= 0.6 is 0 Å². The molecule has 0 amide bonds. The fourth-order valence-corrected chi connectivity index (χ4v) is 3.97. The molecule has 2 atom stereocenters. The van der Waals surface area contributed by atoms with Gasteiger partial charge in [0.2, 0.25) is 0 Å². The topological polar surface area (TPSA) is 46.2 Å². The summed E-state index contributed by atoms with van der Waals surface area (Å²) in [6.45, 7) is 1.58. The molecule has 0 saturated carbocycles. The van der Waals surface area contributed by atoms with Crippen LogP contribution in [0.1, 0.15) is 6.42 Å². The van der Waals surface area contributed by atoms with Gasteiger partial charge in [-0.3, -0.25) is 0 Å². The molecule has 0 aromatic carbocycles. The maximum absolute atomic E-state index is 11.2. The minimum absolute atomic E-state index is 0.0637. The van der Waals surface area contributed by atoms with E-state index in [2.05, 4.69) is 5.32 Å². The third-order valence-corrected chi connectivity index (χ3v) is 4.69. The molecule has 2 heterocycles.